The van der Waals surface area contributed by atoms with Gasteiger partial charge in [0, 0.05) is 59.4 Å². The van der Waals surface area contributed by atoms with Crippen LogP contribution in [0.15, 0.2) is 156 Å². The normalized spacial score (nSPS) is 14.1. The number of nitrogens with zero attached hydrogens (tertiary/aromatic N) is 5. The van der Waals surface area contributed by atoms with Gasteiger partial charge in [0.25, 0.3) is 0 Å². The van der Waals surface area contributed by atoms with Gasteiger partial charge >= 0.3 is 169 Å². The number of imidazole rings is 1. The summed E-state index contributed by atoms with van der Waals surface area (Å²) in [7, 11) is 0. The van der Waals surface area contributed by atoms with Gasteiger partial charge in [0.15, 0.2) is 0 Å². The first-order valence-corrected chi connectivity index (χ1v) is 33.1. The fraction of sp³-hybridized carbons (Fsp3) is 0.265. The maximum absolute atomic E-state index is 14.8. The van der Waals surface area contributed by atoms with E-state index in [4.69, 9.17) is 23.5 Å². The van der Waals surface area contributed by atoms with Gasteiger partial charge in [-0.2, -0.15) is 0 Å². The monoisotopic (exact) mass is 1260 g/mol. The minimum Gasteiger partial charge on any atom is 0 e. The molecule has 6 nitrogen and oxygen atoms in total. The van der Waals surface area contributed by atoms with E-state index in [0.29, 0.717) is 23.2 Å². The molecule has 5 heterocycles. The van der Waals surface area contributed by atoms with Gasteiger partial charge in [-0.3, -0.25) is 9.97 Å². The van der Waals surface area contributed by atoms with E-state index in [9.17, 15) is 4.39 Å². The predicted octanol–water partition coefficient (Wildman–Crippen LogP) is 16.7. The largest absolute Gasteiger partial charge is 0 e. The van der Waals surface area contributed by atoms with Crippen molar-refractivity contribution >= 4 is 66.1 Å². The number of halogens is 1. The molecule has 5 aromatic heterocycles. The van der Waals surface area contributed by atoms with E-state index < -0.39 is 25.9 Å². The maximum Gasteiger partial charge on any atom is 0 e. The Labute approximate surface area is 473 Å². The standard InChI is InChI=1S/C44H39N4O.C24H27FGeN.Ir/c1-27-18-20-33-37(45-27)23-24-38-40(33)48(39-25-19-30(44(2,3)4)26-35(39)28-12-7-5-8-13-28)42(46-38)34-17-11-16-31-32-21-22-36(29-14-9-6-10-15-29)47-43(32)49-41(31)34;1-17(2)13-19-15-24(21-12-11-18(3)14-22(21)25)27-16-23(19)26(4,5)20-9-7-6-8-10-20;/h5,7-8,11-13,16,18-26,29H,6,9-10,14-15H2,1-4H3;6-11,14-17H,13H2,1-5H3;/q2*-1;/i;3D3;. The molecular formula is C68H66FGeIrN5O-2. The molecule has 0 bridgehead atoms. The first kappa shape index (κ1) is 50.0. The molecule has 11 aromatic rings. The number of pyridine rings is 3. The van der Waals surface area contributed by atoms with Crippen LogP contribution in [-0.2, 0) is 31.9 Å². The SMILES string of the molecule is Cc1ccc2c(ccc3nc(-c4[c-]ccc5c4oc4nc(C6CCCCC6)ccc45)n(-c4ccc(C(C)(C)C)cc4-c4ccccc4)c32)n1.[2H]C([2H])([2H])c1c[c-]c(-c2cc(CC(C)C)[c]([Ge]([CH3])([CH3])[c]3ccccc3)cn2)c(F)c1.[Ir]. The Bertz CT molecular complexity index is 4050. The van der Waals surface area contributed by atoms with E-state index in [0.717, 1.165) is 90.4 Å². The van der Waals surface area contributed by atoms with Crippen LogP contribution in [0, 0.1) is 37.6 Å². The quantitative estimate of drug-likeness (QED) is 0.106. The van der Waals surface area contributed by atoms with Gasteiger partial charge in [-0.15, -0.1) is 18.2 Å². The second-order valence-corrected chi connectivity index (χ2v) is 31.8. The molecule has 1 aliphatic carbocycles. The summed E-state index contributed by atoms with van der Waals surface area (Å²) in [5.74, 6) is 5.82. The predicted molar refractivity (Wildman–Crippen MR) is 315 cm³/mol. The molecule has 1 saturated carbocycles. The van der Waals surface area contributed by atoms with Crippen LogP contribution in [0.3, 0.4) is 0 Å². The molecule has 0 saturated heterocycles. The van der Waals surface area contributed by atoms with Crippen LogP contribution in [0.25, 0.3) is 83.5 Å². The summed E-state index contributed by atoms with van der Waals surface area (Å²) in [5.41, 5.74) is 13.7. The summed E-state index contributed by atoms with van der Waals surface area (Å²) in [6, 6.07) is 55.8. The van der Waals surface area contributed by atoms with Crippen LogP contribution in [-0.4, -0.2) is 37.8 Å². The molecule has 0 N–H and O–H groups in total. The van der Waals surface area contributed by atoms with Crippen molar-refractivity contribution < 1.29 is 33.0 Å². The zero-order valence-corrected chi connectivity index (χ0v) is 49.7. The fourth-order valence-electron chi connectivity index (χ4n) is 11.2. The smallest absolute Gasteiger partial charge is 0 e. The Morgan fingerprint density at radius 1 is 0.779 bits per heavy atom. The molecule has 391 valence electrons. The van der Waals surface area contributed by atoms with Gasteiger partial charge in [0.05, 0.1) is 28.0 Å². The van der Waals surface area contributed by atoms with Crippen molar-refractivity contribution in [1.82, 2.24) is 24.5 Å². The number of rotatable bonds is 9. The van der Waals surface area contributed by atoms with Gasteiger partial charge in [-0.05, 0) is 84.8 Å². The van der Waals surface area contributed by atoms with E-state index in [1.165, 1.54) is 58.1 Å². The molecule has 12 rings (SSSR count). The average molecular weight is 1260 g/mol. The minimum atomic E-state index is -2.58. The van der Waals surface area contributed by atoms with Crippen LogP contribution in [0.1, 0.15) is 105 Å². The molecule has 9 heteroatoms. The second kappa shape index (κ2) is 22.0. The third-order valence-corrected chi connectivity index (χ3v) is 22.8. The molecular weight excluding hydrogens is 1190 g/mol. The number of aryl methyl sites for hydroxylation is 2. The zero-order chi connectivity index (χ0) is 55.4. The number of hydrogen-bond donors (Lipinski definition) is 0. The second-order valence-electron chi connectivity index (χ2n) is 22.6. The van der Waals surface area contributed by atoms with Gasteiger partial charge in [0.1, 0.15) is 0 Å². The van der Waals surface area contributed by atoms with Crippen LogP contribution in [0.2, 0.25) is 11.5 Å². The third-order valence-electron chi connectivity index (χ3n) is 15.3. The number of fused-ring (bicyclic) bond motifs is 6. The Balaban J connectivity index is 0.000000201. The maximum atomic E-state index is 14.8. The Morgan fingerprint density at radius 2 is 1.52 bits per heavy atom. The number of hydrogen-bond acceptors (Lipinski definition) is 5. The first-order valence-electron chi connectivity index (χ1n) is 28.3. The molecule has 6 aromatic carbocycles. The van der Waals surface area contributed by atoms with Crippen molar-refractivity contribution in [3.63, 3.8) is 0 Å². The van der Waals surface area contributed by atoms with Crippen molar-refractivity contribution in [2.24, 2.45) is 5.92 Å². The van der Waals surface area contributed by atoms with Crippen molar-refractivity contribution in [3.8, 4) is 39.5 Å². The molecule has 0 aliphatic heterocycles. The molecule has 1 fully saturated rings. The summed E-state index contributed by atoms with van der Waals surface area (Å²) in [6.07, 6.45) is 9.03. The van der Waals surface area contributed by atoms with E-state index >= 15 is 0 Å². The molecule has 77 heavy (non-hydrogen) atoms. The molecule has 0 unspecified atom stereocenters. The summed E-state index contributed by atoms with van der Waals surface area (Å²) in [6.45, 7) is 10.8. The van der Waals surface area contributed by atoms with E-state index in [1.807, 2.05) is 31.3 Å². The van der Waals surface area contributed by atoms with Gasteiger partial charge in [0.2, 0.25) is 5.71 Å². The van der Waals surface area contributed by atoms with Crippen LogP contribution in [0.5, 0.6) is 0 Å². The summed E-state index contributed by atoms with van der Waals surface area (Å²) in [5, 5.41) is 3.10. The van der Waals surface area contributed by atoms with E-state index in [2.05, 4.69) is 183 Å². The van der Waals surface area contributed by atoms with Crippen molar-refractivity contribution in [1.29, 1.82) is 0 Å². The Kier molecular flexibility index (Phi) is 14.3. The van der Waals surface area contributed by atoms with Crippen molar-refractivity contribution in [2.75, 3.05) is 0 Å². The molecule has 1 radical (unpaired) electrons. The summed E-state index contributed by atoms with van der Waals surface area (Å²) in [4.78, 5) is 20.0. The summed E-state index contributed by atoms with van der Waals surface area (Å²) < 4.78 is 48.9. The minimum absolute atomic E-state index is 0. The molecule has 0 atom stereocenters. The van der Waals surface area contributed by atoms with Crippen LogP contribution >= 0.6 is 0 Å². The van der Waals surface area contributed by atoms with Gasteiger partial charge in [-0.1, -0.05) is 87.4 Å². The summed E-state index contributed by atoms with van der Waals surface area (Å²) >= 11 is -2.58. The molecule has 0 amide bonds. The van der Waals surface area contributed by atoms with Crippen molar-refractivity contribution in [2.45, 2.75) is 110 Å². The molecule has 1 aliphatic rings. The topological polar surface area (TPSA) is 69.6 Å². The van der Waals surface area contributed by atoms with Crippen molar-refractivity contribution in [3.05, 3.63) is 198 Å². The van der Waals surface area contributed by atoms with Crippen LogP contribution < -0.4 is 8.79 Å². The fourth-order valence-corrected chi connectivity index (χ4v) is 16.9. The van der Waals surface area contributed by atoms with E-state index in [-0.39, 0.29) is 36.6 Å². The van der Waals surface area contributed by atoms with Gasteiger partial charge in [-0.25, -0.2) is 4.98 Å². The first-order chi connectivity index (χ1) is 37.8. The third kappa shape index (κ3) is 10.7. The zero-order valence-electron chi connectivity index (χ0n) is 48.2. The Morgan fingerprint density at radius 3 is 2.25 bits per heavy atom. The van der Waals surface area contributed by atoms with Crippen LogP contribution in [0.4, 0.5) is 4.39 Å². The number of aromatic nitrogens is 5. The number of furan rings is 1. The molecule has 0 spiro atoms. The average Bonchev–Trinajstić information content (AvgIpc) is 4.04. The van der Waals surface area contributed by atoms with Gasteiger partial charge < -0.3 is 8.98 Å². The van der Waals surface area contributed by atoms with E-state index in [1.54, 1.807) is 0 Å². The Hall–Kier alpha value is -6.58. The number of benzene rings is 6.